The van der Waals surface area contributed by atoms with Gasteiger partial charge in [0.2, 0.25) is 0 Å². The predicted molar refractivity (Wildman–Crippen MR) is 64.8 cm³/mol. The van der Waals surface area contributed by atoms with E-state index in [0.717, 1.165) is 6.42 Å². The van der Waals surface area contributed by atoms with E-state index in [-0.39, 0.29) is 10.5 Å². The summed E-state index contributed by atoms with van der Waals surface area (Å²) < 4.78 is 0. The Bertz CT molecular complexity index is 370. The molecule has 0 saturated carbocycles. The van der Waals surface area contributed by atoms with Gasteiger partial charge >= 0.3 is 0 Å². The molecule has 0 aliphatic heterocycles. The third-order valence-electron chi connectivity index (χ3n) is 2.13. The average Bonchev–Trinajstić information content (AvgIpc) is 2.20. The topological polar surface area (TPSA) is 43.1 Å². The summed E-state index contributed by atoms with van der Waals surface area (Å²) in [5.41, 5.74) is 0.813. The molecule has 1 aromatic rings. The summed E-state index contributed by atoms with van der Waals surface area (Å²) in [6, 6.07) is 4.79. The van der Waals surface area contributed by atoms with E-state index in [9.17, 15) is 10.1 Å². The highest BCUT2D eigenvalue weighted by Gasteiger charge is 2.16. The van der Waals surface area contributed by atoms with Crippen LogP contribution in [0.15, 0.2) is 18.2 Å². The van der Waals surface area contributed by atoms with Crippen LogP contribution in [0.5, 0.6) is 0 Å². The Kier molecular flexibility index (Phi) is 4.54. The van der Waals surface area contributed by atoms with Crippen molar-refractivity contribution in [3.63, 3.8) is 0 Å². The van der Waals surface area contributed by atoms with Crippen molar-refractivity contribution in [2.75, 3.05) is 0 Å². The molecule has 3 nitrogen and oxygen atoms in total. The Morgan fingerprint density at radius 1 is 1.60 bits per heavy atom. The maximum absolute atomic E-state index is 10.8. The molecular weight excluding hydrogens is 281 g/mol. The van der Waals surface area contributed by atoms with Crippen molar-refractivity contribution in [2.24, 2.45) is 0 Å². The smallest absolute Gasteiger partial charge is 0.258 e. The molecular formula is C10H11BrClNO2. The monoisotopic (exact) mass is 291 g/mol. The first kappa shape index (κ1) is 12.5. The zero-order valence-electron chi connectivity index (χ0n) is 8.24. The Morgan fingerprint density at radius 2 is 2.27 bits per heavy atom. The van der Waals surface area contributed by atoms with Gasteiger partial charge in [-0.2, -0.15) is 0 Å². The Hall–Kier alpha value is -0.610. The molecule has 0 heterocycles. The minimum Gasteiger partial charge on any atom is -0.258 e. The SMILES string of the molecule is CCC(Br)Cc1ccc(Cl)cc1[N+](=O)[O-]. The number of hydrogen-bond acceptors (Lipinski definition) is 2. The quantitative estimate of drug-likeness (QED) is 0.479. The second kappa shape index (κ2) is 5.47. The summed E-state index contributed by atoms with van der Waals surface area (Å²) in [5.74, 6) is 0. The Balaban J connectivity index is 3.01. The van der Waals surface area contributed by atoms with Crippen LogP contribution in [0.2, 0.25) is 5.02 Å². The highest BCUT2D eigenvalue weighted by atomic mass is 79.9. The molecule has 0 amide bonds. The molecule has 0 saturated heterocycles. The van der Waals surface area contributed by atoms with Gasteiger partial charge in [-0.3, -0.25) is 10.1 Å². The maximum atomic E-state index is 10.8. The van der Waals surface area contributed by atoms with Crippen LogP contribution >= 0.6 is 27.5 Å². The molecule has 0 N–H and O–H groups in total. The number of hydrogen-bond donors (Lipinski definition) is 0. The Labute approximate surface area is 102 Å². The molecule has 5 heteroatoms. The van der Waals surface area contributed by atoms with Crippen molar-refractivity contribution in [2.45, 2.75) is 24.6 Å². The summed E-state index contributed by atoms with van der Waals surface area (Å²) in [6.45, 7) is 2.03. The summed E-state index contributed by atoms with van der Waals surface area (Å²) in [7, 11) is 0. The number of rotatable bonds is 4. The van der Waals surface area contributed by atoms with Crippen molar-refractivity contribution in [3.05, 3.63) is 38.9 Å². The second-order valence-corrected chi connectivity index (χ2v) is 4.97. The number of alkyl halides is 1. The van der Waals surface area contributed by atoms with E-state index in [0.29, 0.717) is 17.0 Å². The summed E-state index contributed by atoms with van der Waals surface area (Å²) in [5, 5.41) is 11.2. The molecule has 0 aromatic heterocycles. The number of nitrogens with zero attached hydrogens (tertiary/aromatic N) is 1. The largest absolute Gasteiger partial charge is 0.274 e. The molecule has 15 heavy (non-hydrogen) atoms. The highest BCUT2D eigenvalue weighted by molar-refractivity contribution is 9.09. The molecule has 0 bridgehead atoms. The van der Waals surface area contributed by atoms with E-state index in [1.165, 1.54) is 6.07 Å². The fourth-order valence-electron chi connectivity index (χ4n) is 1.26. The first-order valence-corrected chi connectivity index (χ1v) is 5.90. The van der Waals surface area contributed by atoms with Gasteiger partial charge in [0.25, 0.3) is 5.69 Å². The maximum Gasteiger partial charge on any atom is 0.274 e. The normalized spacial score (nSPS) is 12.5. The third kappa shape index (κ3) is 3.47. The number of nitro groups is 1. The lowest BCUT2D eigenvalue weighted by Gasteiger charge is -2.07. The summed E-state index contributed by atoms with van der Waals surface area (Å²) >= 11 is 9.17. The van der Waals surface area contributed by atoms with E-state index in [1.54, 1.807) is 12.1 Å². The van der Waals surface area contributed by atoms with E-state index < -0.39 is 4.92 Å². The van der Waals surface area contributed by atoms with Crippen LogP contribution in [0.4, 0.5) is 5.69 Å². The third-order valence-corrected chi connectivity index (χ3v) is 3.33. The second-order valence-electron chi connectivity index (χ2n) is 3.24. The van der Waals surface area contributed by atoms with Gasteiger partial charge in [0, 0.05) is 21.5 Å². The molecule has 0 radical (unpaired) electrons. The molecule has 0 fully saturated rings. The first-order valence-electron chi connectivity index (χ1n) is 4.61. The van der Waals surface area contributed by atoms with Crippen molar-refractivity contribution in [1.82, 2.24) is 0 Å². The lowest BCUT2D eigenvalue weighted by molar-refractivity contribution is -0.385. The lowest BCUT2D eigenvalue weighted by atomic mass is 10.1. The van der Waals surface area contributed by atoms with Crippen LogP contribution < -0.4 is 0 Å². The van der Waals surface area contributed by atoms with Crippen molar-refractivity contribution < 1.29 is 4.92 Å². The minimum atomic E-state index is -0.392. The molecule has 82 valence electrons. The predicted octanol–water partition coefficient (Wildman–Crippen LogP) is 3.96. The Morgan fingerprint density at radius 3 is 2.80 bits per heavy atom. The van der Waals surface area contributed by atoms with E-state index in [4.69, 9.17) is 11.6 Å². The zero-order valence-corrected chi connectivity index (χ0v) is 10.6. The molecule has 0 aliphatic rings. The van der Waals surface area contributed by atoms with Crippen LogP contribution in [-0.4, -0.2) is 9.75 Å². The summed E-state index contributed by atoms with van der Waals surface area (Å²) in [6.07, 6.45) is 1.57. The van der Waals surface area contributed by atoms with Gasteiger partial charge in [-0.1, -0.05) is 40.5 Å². The number of halogens is 2. The van der Waals surface area contributed by atoms with Crippen LogP contribution in [0.3, 0.4) is 0 Å². The molecule has 1 aromatic carbocycles. The van der Waals surface area contributed by atoms with Crippen LogP contribution in [0.1, 0.15) is 18.9 Å². The van der Waals surface area contributed by atoms with Gasteiger partial charge in [-0.05, 0) is 18.9 Å². The van der Waals surface area contributed by atoms with Gasteiger partial charge in [-0.25, -0.2) is 0 Å². The van der Waals surface area contributed by atoms with Crippen LogP contribution in [0.25, 0.3) is 0 Å². The van der Waals surface area contributed by atoms with E-state index in [1.807, 2.05) is 6.92 Å². The molecule has 1 atom stereocenters. The van der Waals surface area contributed by atoms with Crippen molar-refractivity contribution in [3.8, 4) is 0 Å². The number of benzene rings is 1. The van der Waals surface area contributed by atoms with Crippen LogP contribution in [0, 0.1) is 10.1 Å². The standard InChI is InChI=1S/C10H11BrClNO2/c1-2-8(11)5-7-3-4-9(12)6-10(7)13(14)15/h3-4,6,8H,2,5H2,1H3. The van der Waals surface area contributed by atoms with Gasteiger partial charge < -0.3 is 0 Å². The fourth-order valence-corrected chi connectivity index (χ4v) is 1.78. The van der Waals surface area contributed by atoms with Gasteiger partial charge in [-0.15, -0.1) is 0 Å². The first-order chi connectivity index (χ1) is 7.04. The van der Waals surface area contributed by atoms with Crippen molar-refractivity contribution >= 4 is 33.2 Å². The molecule has 1 unspecified atom stereocenters. The van der Waals surface area contributed by atoms with Gasteiger partial charge in [0.15, 0.2) is 0 Å². The number of nitro benzene ring substituents is 1. The zero-order chi connectivity index (χ0) is 11.4. The van der Waals surface area contributed by atoms with Crippen molar-refractivity contribution in [1.29, 1.82) is 0 Å². The molecule has 0 spiro atoms. The highest BCUT2D eigenvalue weighted by Crippen LogP contribution is 2.26. The van der Waals surface area contributed by atoms with E-state index in [2.05, 4.69) is 15.9 Å². The summed E-state index contributed by atoms with van der Waals surface area (Å²) in [4.78, 5) is 10.6. The lowest BCUT2D eigenvalue weighted by Crippen LogP contribution is -2.03. The van der Waals surface area contributed by atoms with Gasteiger partial charge in [0.05, 0.1) is 4.92 Å². The average molecular weight is 293 g/mol. The van der Waals surface area contributed by atoms with Gasteiger partial charge in [0.1, 0.15) is 0 Å². The van der Waals surface area contributed by atoms with Crippen LogP contribution in [-0.2, 0) is 6.42 Å². The molecule has 0 aliphatic carbocycles. The minimum absolute atomic E-state index is 0.0976. The fraction of sp³-hybridized carbons (Fsp3) is 0.400. The molecule has 1 rings (SSSR count). The van der Waals surface area contributed by atoms with E-state index >= 15 is 0 Å².